The second kappa shape index (κ2) is 6.08. The van der Waals surface area contributed by atoms with Gasteiger partial charge in [0.25, 0.3) is 0 Å². The summed E-state index contributed by atoms with van der Waals surface area (Å²) in [6.07, 6.45) is 0. The molecule has 1 aromatic carbocycles. The van der Waals surface area contributed by atoms with Crippen molar-refractivity contribution in [1.29, 1.82) is 0 Å². The molecule has 0 fully saturated rings. The van der Waals surface area contributed by atoms with E-state index in [1.54, 1.807) is 13.8 Å². The Morgan fingerprint density at radius 3 is 2.57 bits per heavy atom. The van der Waals surface area contributed by atoms with Crippen molar-refractivity contribution < 1.29 is 9.32 Å². The molecule has 1 aromatic heterocycles. The minimum atomic E-state index is -0.852. The van der Waals surface area contributed by atoms with E-state index < -0.39 is 5.41 Å². The molecule has 0 saturated carbocycles. The van der Waals surface area contributed by atoms with Crippen LogP contribution in [0.1, 0.15) is 33.6 Å². The van der Waals surface area contributed by atoms with Crippen LogP contribution in [-0.2, 0) is 10.2 Å². The fraction of sp³-hybridized carbons (Fsp3) is 0.438. The Morgan fingerprint density at radius 2 is 1.95 bits per heavy atom. The van der Waals surface area contributed by atoms with Gasteiger partial charge in [-0.2, -0.15) is 4.98 Å². The predicted molar refractivity (Wildman–Crippen MR) is 80.6 cm³/mol. The first-order chi connectivity index (χ1) is 9.91. The fourth-order valence-corrected chi connectivity index (χ4v) is 1.80. The lowest BCUT2D eigenvalue weighted by atomic mass is 9.92. The molecule has 1 heterocycles. The molecule has 0 saturated heterocycles. The van der Waals surface area contributed by atoms with Gasteiger partial charge in [0, 0.05) is 12.1 Å². The zero-order valence-corrected chi connectivity index (χ0v) is 12.9. The molecule has 5 heteroatoms. The average molecular weight is 287 g/mol. The number of amides is 1. The summed E-state index contributed by atoms with van der Waals surface area (Å²) in [7, 11) is 0. The maximum absolute atomic E-state index is 12.3. The van der Waals surface area contributed by atoms with Crippen molar-refractivity contribution in [1.82, 2.24) is 15.5 Å². The van der Waals surface area contributed by atoms with Gasteiger partial charge in [0.2, 0.25) is 17.6 Å². The second-order valence-electron chi connectivity index (χ2n) is 6.02. The van der Waals surface area contributed by atoms with Gasteiger partial charge in [0.15, 0.2) is 0 Å². The van der Waals surface area contributed by atoms with Gasteiger partial charge in [-0.25, -0.2) is 0 Å². The highest BCUT2D eigenvalue weighted by molar-refractivity contribution is 5.86. The van der Waals surface area contributed by atoms with Crippen LogP contribution in [0.4, 0.5) is 0 Å². The fourth-order valence-electron chi connectivity index (χ4n) is 1.80. The van der Waals surface area contributed by atoms with E-state index in [1.165, 1.54) is 0 Å². The van der Waals surface area contributed by atoms with Crippen molar-refractivity contribution in [2.75, 3.05) is 6.54 Å². The van der Waals surface area contributed by atoms with Crippen molar-refractivity contribution in [3.63, 3.8) is 0 Å². The van der Waals surface area contributed by atoms with Crippen LogP contribution < -0.4 is 5.32 Å². The SMILES string of the molecule is CC(C)CNC(=O)C(C)(C)c1nc(-c2ccccc2)no1. The van der Waals surface area contributed by atoms with E-state index in [-0.39, 0.29) is 5.91 Å². The molecule has 0 aliphatic carbocycles. The molecule has 0 radical (unpaired) electrons. The number of nitrogens with zero attached hydrogens (tertiary/aromatic N) is 2. The molecule has 2 aromatic rings. The van der Waals surface area contributed by atoms with Gasteiger partial charge in [-0.3, -0.25) is 4.79 Å². The first kappa shape index (κ1) is 15.2. The highest BCUT2D eigenvalue weighted by Crippen LogP contribution is 2.24. The molecule has 0 spiro atoms. The Kier molecular flexibility index (Phi) is 4.40. The third-order valence-electron chi connectivity index (χ3n) is 3.23. The van der Waals surface area contributed by atoms with E-state index in [0.29, 0.717) is 24.2 Å². The van der Waals surface area contributed by atoms with E-state index in [4.69, 9.17) is 4.52 Å². The lowest BCUT2D eigenvalue weighted by Crippen LogP contribution is -2.41. The molecule has 0 aliphatic rings. The molecule has 0 bridgehead atoms. The van der Waals surface area contributed by atoms with Gasteiger partial charge in [-0.15, -0.1) is 0 Å². The van der Waals surface area contributed by atoms with E-state index >= 15 is 0 Å². The molecular formula is C16H21N3O2. The monoisotopic (exact) mass is 287 g/mol. The number of carbonyl (C=O) groups excluding carboxylic acids is 1. The summed E-state index contributed by atoms with van der Waals surface area (Å²) in [5.74, 6) is 1.10. The summed E-state index contributed by atoms with van der Waals surface area (Å²) in [5, 5.41) is 6.87. The van der Waals surface area contributed by atoms with Crippen LogP contribution in [0.2, 0.25) is 0 Å². The Hall–Kier alpha value is -2.17. The first-order valence-electron chi connectivity index (χ1n) is 7.09. The summed E-state index contributed by atoms with van der Waals surface area (Å²) >= 11 is 0. The van der Waals surface area contributed by atoms with Crippen molar-refractivity contribution in [3.8, 4) is 11.4 Å². The van der Waals surface area contributed by atoms with E-state index in [2.05, 4.69) is 15.5 Å². The molecular weight excluding hydrogens is 266 g/mol. The molecule has 1 amide bonds. The number of aromatic nitrogens is 2. The topological polar surface area (TPSA) is 68.0 Å². The summed E-state index contributed by atoms with van der Waals surface area (Å²) in [4.78, 5) is 16.6. The maximum Gasteiger partial charge on any atom is 0.242 e. The summed E-state index contributed by atoms with van der Waals surface area (Å²) in [5.41, 5.74) is 0.0143. The summed E-state index contributed by atoms with van der Waals surface area (Å²) in [6.45, 7) is 8.29. The first-order valence-corrected chi connectivity index (χ1v) is 7.09. The van der Waals surface area contributed by atoms with Gasteiger partial charge in [-0.1, -0.05) is 49.3 Å². The lowest BCUT2D eigenvalue weighted by molar-refractivity contribution is -0.126. The molecule has 2 rings (SSSR count). The van der Waals surface area contributed by atoms with Crippen molar-refractivity contribution in [2.45, 2.75) is 33.1 Å². The molecule has 112 valence electrons. The minimum Gasteiger partial charge on any atom is -0.355 e. The Bertz CT molecular complexity index is 603. The van der Waals surface area contributed by atoms with Crippen molar-refractivity contribution in [3.05, 3.63) is 36.2 Å². The van der Waals surface area contributed by atoms with Gasteiger partial charge >= 0.3 is 0 Å². The van der Waals surface area contributed by atoms with Gasteiger partial charge < -0.3 is 9.84 Å². The molecule has 5 nitrogen and oxygen atoms in total. The highest BCUT2D eigenvalue weighted by Gasteiger charge is 2.35. The van der Waals surface area contributed by atoms with Crippen LogP contribution in [0.15, 0.2) is 34.9 Å². The van der Waals surface area contributed by atoms with Crippen LogP contribution in [0, 0.1) is 5.92 Å². The van der Waals surface area contributed by atoms with E-state index in [0.717, 1.165) is 5.56 Å². The molecule has 0 atom stereocenters. The third kappa shape index (κ3) is 3.48. The molecule has 1 N–H and O–H groups in total. The van der Waals surface area contributed by atoms with Crippen LogP contribution in [0.25, 0.3) is 11.4 Å². The number of nitrogens with one attached hydrogen (secondary N) is 1. The Balaban J connectivity index is 2.18. The van der Waals surface area contributed by atoms with Crippen molar-refractivity contribution >= 4 is 5.91 Å². The zero-order valence-electron chi connectivity index (χ0n) is 12.9. The number of rotatable bonds is 5. The van der Waals surface area contributed by atoms with Crippen LogP contribution in [0.5, 0.6) is 0 Å². The standard InChI is InChI=1S/C16H21N3O2/c1-11(2)10-17-14(20)16(3,4)15-18-13(19-21-15)12-8-6-5-7-9-12/h5-9,11H,10H2,1-4H3,(H,17,20). The van der Waals surface area contributed by atoms with Crippen LogP contribution in [0.3, 0.4) is 0 Å². The quantitative estimate of drug-likeness (QED) is 0.918. The zero-order chi connectivity index (χ0) is 15.5. The normalized spacial score (nSPS) is 11.7. The predicted octanol–water partition coefficient (Wildman–Crippen LogP) is 2.79. The molecule has 21 heavy (non-hydrogen) atoms. The number of hydrogen-bond donors (Lipinski definition) is 1. The average Bonchev–Trinajstić information content (AvgIpc) is 2.96. The van der Waals surface area contributed by atoms with E-state index in [1.807, 2.05) is 44.2 Å². The molecule has 0 unspecified atom stereocenters. The second-order valence-corrected chi connectivity index (χ2v) is 6.02. The van der Waals surface area contributed by atoms with Crippen LogP contribution in [-0.4, -0.2) is 22.6 Å². The highest BCUT2D eigenvalue weighted by atomic mass is 16.5. The van der Waals surface area contributed by atoms with Crippen molar-refractivity contribution in [2.24, 2.45) is 5.92 Å². The molecule has 0 aliphatic heterocycles. The lowest BCUT2D eigenvalue weighted by Gasteiger charge is -2.19. The third-order valence-corrected chi connectivity index (χ3v) is 3.23. The Labute approximate surface area is 124 Å². The number of carbonyl (C=O) groups is 1. The number of hydrogen-bond acceptors (Lipinski definition) is 4. The Morgan fingerprint density at radius 1 is 1.29 bits per heavy atom. The van der Waals surface area contributed by atoms with E-state index in [9.17, 15) is 4.79 Å². The largest absolute Gasteiger partial charge is 0.355 e. The number of benzene rings is 1. The summed E-state index contributed by atoms with van der Waals surface area (Å²) < 4.78 is 5.29. The smallest absolute Gasteiger partial charge is 0.242 e. The van der Waals surface area contributed by atoms with Gasteiger partial charge in [0.1, 0.15) is 5.41 Å². The van der Waals surface area contributed by atoms with Crippen LogP contribution >= 0.6 is 0 Å². The van der Waals surface area contributed by atoms with Gasteiger partial charge in [-0.05, 0) is 19.8 Å². The maximum atomic E-state index is 12.3. The minimum absolute atomic E-state index is 0.112. The van der Waals surface area contributed by atoms with Gasteiger partial charge in [0.05, 0.1) is 0 Å². The summed E-state index contributed by atoms with van der Waals surface area (Å²) in [6, 6.07) is 9.55.